The topological polar surface area (TPSA) is 60.3 Å². The molecule has 156 valence electrons. The van der Waals surface area contributed by atoms with Crippen LogP contribution in [0.4, 0.5) is 10.1 Å². The van der Waals surface area contributed by atoms with E-state index in [2.05, 4.69) is 5.32 Å². The van der Waals surface area contributed by atoms with Crippen molar-refractivity contribution in [1.82, 2.24) is 4.57 Å². The molecule has 0 atom stereocenters. The average molecular weight is 408 g/mol. The molecule has 0 aliphatic rings. The van der Waals surface area contributed by atoms with Gasteiger partial charge in [0.2, 0.25) is 5.91 Å². The highest BCUT2D eigenvalue weighted by molar-refractivity contribution is 5.93. The Kier molecular flexibility index (Phi) is 6.67. The van der Waals surface area contributed by atoms with Gasteiger partial charge in [0.05, 0.1) is 12.2 Å². The number of hydrogen-bond donors (Lipinski definition) is 1. The molecule has 1 heterocycles. The van der Waals surface area contributed by atoms with Gasteiger partial charge in [-0.25, -0.2) is 9.18 Å². The van der Waals surface area contributed by atoms with Crippen molar-refractivity contribution in [3.8, 4) is 11.3 Å². The number of nitrogens with one attached hydrogen (secondary N) is 1. The number of esters is 1. The quantitative estimate of drug-likeness (QED) is 0.552. The molecule has 0 aliphatic heterocycles. The second-order valence-electron chi connectivity index (χ2n) is 7.07. The summed E-state index contributed by atoms with van der Waals surface area (Å²) in [6, 6.07) is 15.5. The normalized spacial score (nSPS) is 10.7. The van der Waals surface area contributed by atoms with Crippen LogP contribution in [0.1, 0.15) is 35.0 Å². The molecule has 1 amide bonds. The molecule has 1 N–H and O–H groups in total. The van der Waals surface area contributed by atoms with Crippen molar-refractivity contribution in [2.75, 3.05) is 11.9 Å². The second kappa shape index (κ2) is 9.39. The van der Waals surface area contributed by atoms with Gasteiger partial charge in [-0.2, -0.15) is 0 Å². The van der Waals surface area contributed by atoms with Crippen LogP contribution in [0.3, 0.4) is 0 Å². The standard InChI is InChI=1S/C24H25FN2O3/c1-4-30-24(29)21-15-22(18-7-5-16(2)6-8-18)27(17(21)3)14-13-23(28)26-20-11-9-19(25)10-12-20/h5-12,15H,4,13-14H2,1-3H3,(H,26,28). The minimum absolute atomic E-state index is 0.192. The summed E-state index contributed by atoms with van der Waals surface area (Å²) in [6.45, 7) is 6.31. The van der Waals surface area contributed by atoms with Crippen molar-refractivity contribution in [3.05, 3.63) is 77.2 Å². The number of carbonyl (C=O) groups excluding carboxylic acids is 2. The number of carbonyl (C=O) groups is 2. The fourth-order valence-electron chi connectivity index (χ4n) is 3.28. The van der Waals surface area contributed by atoms with E-state index >= 15 is 0 Å². The van der Waals surface area contributed by atoms with Crippen LogP contribution >= 0.6 is 0 Å². The van der Waals surface area contributed by atoms with Crippen LogP contribution < -0.4 is 5.32 Å². The molecule has 0 saturated heterocycles. The number of aryl methyl sites for hydroxylation is 1. The molecule has 0 unspecified atom stereocenters. The summed E-state index contributed by atoms with van der Waals surface area (Å²) in [7, 11) is 0. The summed E-state index contributed by atoms with van der Waals surface area (Å²) in [5, 5.41) is 2.76. The zero-order chi connectivity index (χ0) is 21.7. The molecule has 0 saturated carbocycles. The lowest BCUT2D eigenvalue weighted by Gasteiger charge is -2.13. The Morgan fingerprint density at radius 3 is 2.33 bits per heavy atom. The van der Waals surface area contributed by atoms with E-state index < -0.39 is 0 Å². The van der Waals surface area contributed by atoms with Gasteiger partial charge >= 0.3 is 5.97 Å². The lowest BCUT2D eigenvalue weighted by atomic mass is 10.1. The van der Waals surface area contributed by atoms with Gasteiger partial charge in [0.25, 0.3) is 0 Å². The first-order valence-corrected chi connectivity index (χ1v) is 9.88. The number of hydrogen-bond acceptors (Lipinski definition) is 3. The third-order valence-corrected chi connectivity index (χ3v) is 4.90. The molecule has 0 radical (unpaired) electrons. The number of halogens is 1. The van der Waals surface area contributed by atoms with E-state index in [0.717, 1.165) is 22.5 Å². The van der Waals surface area contributed by atoms with Crippen molar-refractivity contribution in [2.45, 2.75) is 33.7 Å². The van der Waals surface area contributed by atoms with Crippen LogP contribution in [0, 0.1) is 19.7 Å². The molecule has 0 fully saturated rings. The predicted molar refractivity (Wildman–Crippen MR) is 115 cm³/mol. The van der Waals surface area contributed by atoms with Crippen molar-refractivity contribution < 1.29 is 18.7 Å². The van der Waals surface area contributed by atoms with Crippen molar-refractivity contribution in [2.24, 2.45) is 0 Å². The first-order chi connectivity index (χ1) is 14.4. The highest BCUT2D eigenvalue weighted by Crippen LogP contribution is 2.27. The molecule has 1 aromatic heterocycles. The van der Waals surface area contributed by atoms with Crippen LogP contribution in [0.15, 0.2) is 54.6 Å². The maximum absolute atomic E-state index is 13.0. The molecule has 5 nitrogen and oxygen atoms in total. The highest BCUT2D eigenvalue weighted by atomic mass is 19.1. The zero-order valence-corrected chi connectivity index (χ0v) is 17.4. The van der Waals surface area contributed by atoms with E-state index in [4.69, 9.17) is 4.74 Å². The molecule has 3 rings (SSSR count). The van der Waals surface area contributed by atoms with Crippen LogP contribution in [0.25, 0.3) is 11.3 Å². The smallest absolute Gasteiger partial charge is 0.339 e. The van der Waals surface area contributed by atoms with E-state index in [1.165, 1.54) is 24.3 Å². The van der Waals surface area contributed by atoms with Gasteiger partial charge in [-0.3, -0.25) is 4.79 Å². The lowest BCUT2D eigenvalue weighted by molar-refractivity contribution is -0.116. The van der Waals surface area contributed by atoms with E-state index in [-0.39, 0.29) is 24.1 Å². The third-order valence-electron chi connectivity index (χ3n) is 4.90. The summed E-state index contributed by atoms with van der Waals surface area (Å²) in [5.74, 6) is -0.926. The summed E-state index contributed by atoms with van der Waals surface area (Å²) in [5.41, 5.74) is 4.72. The number of nitrogens with zero attached hydrogens (tertiary/aromatic N) is 1. The van der Waals surface area contributed by atoms with E-state index in [1.807, 2.05) is 48.7 Å². The van der Waals surface area contributed by atoms with E-state index in [1.54, 1.807) is 6.92 Å². The first kappa shape index (κ1) is 21.3. The highest BCUT2D eigenvalue weighted by Gasteiger charge is 2.20. The summed E-state index contributed by atoms with van der Waals surface area (Å²) in [6.07, 6.45) is 0.202. The minimum atomic E-state index is -0.377. The summed E-state index contributed by atoms with van der Waals surface area (Å²) < 4.78 is 20.2. The molecule has 6 heteroatoms. The average Bonchev–Trinajstić information content (AvgIpc) is 3.05. The fraction of sp³-hybridized carbons (Fsp3) is 0.250. The fourth-order valence-corrected chi connectivity index (χ4v) is 3.28. The van der Waals surface area contributed by atoms with Crippen LogP contribution in [-0.2, 0) is 16.1 Å². The number of ether oxygens (including phenoxy) is 1. The first-order valence-electron chi connectivity index (χ1n) is 9.88. The predicted octanol–water partition coefficient (Wildman–Crippen LogP) is 5.12. The molecule has 0 aliphatic carbocycles. The monoisotopic (exact) mass is 408 g/mol. The second-order valence-corrected chi connectivity index (χ2v) is 7.07. The molecular formula is C24H25FN2O3. The van der Waals surface area contributed by atoms with Gasteiger partial charge in [-0.1, -0.05) is 29.8 Å². The number of rotatable bonds is 7. The SMILES string of the molecule is CCOC(=O)c1cc(-c2ccc(C)cc2)n(CCC(=O)Nc2ccc(F)cc2)c1C. The lowest BCUT2D eigenvalue weighted by Crippen LogP contribution is -2.16. The van der Waals surface area contributed by atoms with Gasteiger partial charge in [-0.15, -0.1) is 0 Å². The Balaban J connectivity index is 1.84. The number of amides is 1. The Hall–Kier alpha value is -3.41. The Morgan fingerprint density at radius 1 is 1.03 bits per heavy atom. The van der Waals surface area contributed by atoms with Gasteiger partial charge in [0, 0.05) is 30.0 Å². The van der Waals surface area contributed by atoms with Crippen LogP contribution in [-0.4, -0.2) is 23.1 Å². The van der Waals surface area contributed by atoms with Gasteiger partial charge in [-0.05, 0) is 56.7 Å². The zero-order valence-electron chi connectivity index (χ0n) is 17.4. The number of aromatic nitrogens is 1. The van der Waals surface area contributed by atoms with E-state index in [0.29, 0.717) is 24.4 Å². The molecular weight excluding hydrogens is 383 g/mol. The Morgan fingerprint density at radius 2 is 1.70 bits per heavy atom. The summed E-state index contributed by atoms with van der Waals surface area (Å²) in [4.78, 5) is 24.8. The van der Waals surface area contributed by atoms with Gasteiger partial charge in [0.1, 0.15) is 5.82 Å². The van der Waals surface area contributed by atoms with Gasteiger partial charge in [0.15, 0.2) is 0 Å². The molecule has 30 heavy (non-hydrogen) atoms. The van der Waals surface area contributed by atoms with Gasteiger partial charge < -0.3 is 14.6 Å². The maximum atomic E-state index is 13.0. The number of benzene rings is 2. The number of anilines is 1. The van der Waals surface area contributed by atoms with Crippen molar-refractivity contribution in [3.63, 3.8) is 0 Å². The maximum Gasteiger partial charge on any atom is 0.339 e. The molecule has 3 aromatic rings. The van der Waals surface area contributed by atoms with E-state index in [9.17, 15) is 14.0 Å². The van der Waals surface area contributed by atoms with Crippen molar-refractivity contribution >= 4 is 17.6 Å². The third kappa shape index (κ3) is 4.95. The summed E-state index contributed by atoms with van der Waals surface area (Å²) >= 11 is 0. The Labute approximate surface area is 175 Å². The molecule has 2 aromatic carbocycles. The molecule has 0 spiro atoms. The molecule has 0 bridgehead atoms. The minimum Gasteiger partial charge on any atom is -0.462 e. The van der Waals surface area contributed by atoms with Crippen LogP contribution in [0.5, 0.6) is 0 Å². The van der Waals surface area contributed by atoms with Crippen molar-refractivity contribution in [1.29, 1.82) is 0 Å². The largest absolute Gasteiger partial charge is 0.462 e. The Bertz CT molecular complexity index is 1040. The van der Waals surface area contributed by atoms with Crippen LogP contribution in [0.2, 0.25) is 0 Å².